The monoisotopic (exact) mass is 410 g/mol. The topological polar surface area (TPSA) is 32.8 Å². The van der Waals surface area contributed by atoms with Gasteiger partial charge in [0.05, 0.1) is 0 Å². The molecule has 160 valence electrons. The Morgan fingerprint density at radius 3 is 2.40 bits per heavy atom. The number of halogens is 1. The molecule has 1 heterocycles. The van der Waals surface area contributed by atoms with E-state index >= 15 is 0 Å². The van der Waals surface area contributed by atoms with E-state index in [0.717, 1.165) is 37.8 Å². The molecule has 2 fully saturated rings. The van der Waals surface area contributed by atoms with E-state index in [-0.39, 0.29) is 11.7 Å². The number of amides is 1. The summed E-state index contributed by atoms with van der Waals surface area (Å²) in [7, 11) is 0. The van der Waals surface area contributed by atoms with Crippen molar-refractivity contribution in [1.29, 1.82) is 0 Å². The molecule has 0 unspecified atom stereocenters. The van der Waals surface area contributed by atoms with Crippen LogP contribution in [-0.2, 0) is 11.2 Å². The summed E-state index contributed by atoms with van der Waals surface area (Å²) in [5, 5.41) is 0. The Bertz CT molecular complexity index is 825. The Morgan fingerprint density at radius 2 is 1.67 bits per heavy atom. The normalized spacial score (nSPS) is 18.4. The average Bonchev–Trinajstić information content (AvgIpc) is 2.80. The molecule has 2 aromatic rings. The lowest BCUT2D eigenvalue weighted by molar-refractivity contribution is -0.133. The average molecular weight is 411 g/mol. The molecule has 1 saturated carbocycles. The van der Waals surface area contributed by atoms with Crippen molar-refractivity contribution in [1.82, 2.24) is 9.80 Å². The third-order valence-electron chi connectivity index (χ3n) is 6.33. The summed E-state index contributed by atoms with van der Waals surface area (Å²) in [6, 6.07) is 14.5. The van der Waals surface area contributed by atoms with Gasteiger partial charge in [-0.25, -0.2) is 4.39 Å². The number of rotatable bonds is 6. The highest BCUT2D eigenvalue weighted by atomic mass is 19.1. The van der Waals surface area contributed by atoms with Gasteiger partial charge in [-0.1, -0.05) is 31.4 Å². The molecule has 0 aromatic heterocycles. The molecule has 1 saturated heterocycles. The van der Waals surface area contributed by atoms with Gasteiger partial charge in [0, 0.05) is 38.6 Å². The fourth-order valence-electron chi connectivity index (χ4n) is 4.60. The number of benzene rings is 2. The summed E-state index contributed by atoms with van der Waals surface area (Å²) >= 11 is 0. The van der Waals surface area contributed by atoms with Crippen LogP contribution >= 0.6 is 0 Å². The molecule has 1 aliphatic carbocycles. The van der Waals surface area contributed by atoms with Gasteiger partial charge in [-0.2, -0.15) is 0 Å². The SMILES string of the molecule is O=C(CCc1cccc(Oc2ccc(F)cc2)c1)N1CCN(C2CCCCC2)CC1. The number of piperazine rings is 1. The maximum absolute atomic E-state index is 13.0. The maximum Gasteiger partial charge on any atom is 0.222 e. The quantitative estimate of drug-likeness (QED) is 0.670. The fourth-order valence-corrected chi connectivity index (χ4v) is 4.60. The summed E-state index contributed by atoms with van der Waals surface area (Å²) in [4.78, 5) is 17.3. The molecule has 4 rings (SSSR count). The van der Waals surface area contributed by atoms with Crippen molar-refractivity contribution in [3.63, 3.8) is 0 Å². The van der Waals surface area contributed by atoms with Crippen LogP contribution in [0.3, 0.4) is 0 Å². The highest BCUT2D eigenvalue weighted by Gasteiger charge is 2.26. The second-order valence-electron chi connectivity index (χ2n) is 8.41. The Kier molecular flexibility index (Phi) is 7.00. The molecule has 2 aromatic carbocycles. The van der Waals surface area contributed by atoms with Gasteiger partial charge in [0.25, 0.3) is 0 Å². The largest absolute Gasteiger partial charge is 0.457 e. The summed E-state index contributed by atoms with van der Waals surface area (Å²) in [6.45, 7) is 3.72. The van der Waals surface area contributed by atoms with E-state index in [2.05, 4.69) is 4.90 Å². The van der Waals surface area contributed by atoms with Gasteiger partial charge in [-0.05, 0) is 61.2 Å². The van der Waals surface area contributed by atoms with E-state index < -0.39 is 0 Å². The molecule has 0 spiro atoms. The highest BCUT2D eigenvalue weighted by molar-refractivity contribution is 5.76. The molecule has 1 aliphatic heterocycles. The van der Waals surface area contributed by atoms with E-state index in [1.807, 2.05) is 29.2 Å². The minimum atomic E-state index is -0.283. The predicted octanol–water partition coefficient (Wildman–Crippen LogP) is 5.03. The number of hydrogen-bond donors (Lipinski definition) is 0. The summed E-state index contributed by atoms with van der Waals surface area (Å²) in [5.41, 5.74) is 1.07. The molecule has 1 amide bonds. The second-order valence-corrected chi connectivity index (χ2v) is 8.41. The van der Waals surface area contributed by atoms with Crippen LogP contribution in [0.5, 0.6) is 11.5 Å². The zero-order chi connectivity index (χ0) is 20.8. The van der Waals surface area contributed by atoms with Crippen LogP contribution in [0.2, 0.25) is 0 Å². The standard InChI is InChI=1S/C25H31FN2O2/c26-21-10-12-23(13-11-21)30-24-8-4-5-20(19-24)9-14-25(29)28-17-15-27(16-18-28)22-6-2-1-3-7-22/h4-5,8,10-13,19,22H,1-3,6-7,9,14-18H2. The summed E-state index contributed by atoms with van der Waals surface area (Å²) in [6.07, 6.45) is 7.95. The van der Waals surface area contributed by atoms with Crippen LogP contribution in [0.25, 0.3) is 0 Å². The predicted molar refractivity (Wildman–Crippen MR) is 116 cm³/mol. The van der Waals surface area contributed by atoms with Gasteiger partial charge in [-0.3, -0.25) is 9.69 Å². The van der Waals surface area contributed by atoms with Crippen LogP contribution in [-0.4, -0.2) is 47.9 Å². The van der Waals surface area contributed by atoms with Crippen LogP contribution in [0.15, 0.2) is 48.5 Å². The first-order valence-corrected chi connectivity index (χ1v) is 11.2. The Labute approximate surface area is 178 Å². The molecule has 30 heavy (non-hydrogen) atoms. The van der Waals surface area contributed by atoms with Crippen molar-refractivity contribution in [3.05, 3.63) is 59.9 Å². The molecule has 2 aliphatic rings. The van der Waals surface area contributed by atoms with E-state index in [1.54, 1.807) is 12.1 Å². The number of hydrogen-bond acceptors (Lipinski definition) is 3. The summed E-state index contributed by atoms with van der Waals surface area (Å²) in [5.74, 6) is 1.26. The van der Waals surface area contributed by atoms with Crippen LogP contribution in [0.4, 0.5) is 4.39 Å². The number of aryl methyl sites for hydroxylation is 1. The van der Waals surface area contributed by atoms with Gasteiger partial charge < -0.3 is 9.64 Å². The van der Waals surface area contributed by atoms with Gasteiger partial charge in [0.2, 0.25) is 5.91 Å². The third kappa shape index (κ3) is 5.60. The van der Waals surface area contributed by atoms with Crippen molar-refractivity contribution in [2.75, 3.05) is 26.2 Å². The maximum atomic E-state index is 13.0. The smallest absolute Gasteiger partial charge is 0.222 e. The van der Waals surface area contributed by atoms with E-state index in [0.29, 0.717) is 24.3 Å². The zero-order valence-corrected chi connectivity index (χ0v) is 17.6. The molecule has 4 nitrogen and oxygen atoms in total. The number of carbonyl (C=O) groups excluding carboxylic acids is 1. The molecule has 0 atom stereocenters. The van der Waals surface area contributed by atoms with Gasteiger partial charge in [-0.15, -0.1) is 0 Å². The lowest BCUT2D eigenvalue weighted by Gasteiger charge is -2.40. The third-order valence-corrected chi connectivity index (χ3v) is 6.33. The molecule has 0 bridgehead atoms. The van der Waals surface area contributed by atoms with Crippen molar-refractivity contribution >= 4 is 5.91 Å². The lowest BCUT2D eigenvalue weighted by Crippen LogP contribution is -2.52. The molecular weight excluding hydrogens is 379 g/mol. The van der Waals surface area contributed by atoms with Crippen molar-refractivity contribution in [3.8, 4) is 11.5 Å². The van der Waals surface area contributed by atoms with Gasteiger partial charge in [0.15, 0.2) is 0 Å². The zero-order valence-electron chi connectivity index (χ0n) is 17.6. The number of ether oxygens (including phenoxy) is 1. The van der Waals surface area contributed by atoms with Crippen molar-refractivity contribution in [2.24, 2.45) is 0 Å². The van der Waals surface area contributed by atoms with E-state index in [4.69, 9.17) is 4.74 Å². The van der Waals surface area contributed by atoms with Crippen LogP contribution in [0.1, 0.15) is 44.1 Å². The number of carbonyl (C=O) groups is 1. The molecule has 0 N–H and O–H groups in total. The minimum Gasteiger partial charge on any atom is -0.457 e. The number of nitrogens with zero attached hydrogens (tertiary/aromatic N) is 2. The Morgan fingerprint density at radius 1 is 0.933 bits per heavy atom. The van der Waals surface area contributed by atoms with E-state index in [9.17, 15) is 9.18 Å². The van der Waals surface area contributed by atoms with Crippen molar-refractivity contribution < 1.29 is 13.9 Å². The molecule has 0 radical (unpaired) electrons. The Hall–Kier alpha value is -2.40. The second kappa shape index (κ2) is 10.1. The first-order valence-electron chi connectivity index (χ1n) is 11.2. The molecular formula is C25H31FN2O2. The van der Waals surface area contributed by atoms with Gasteiger partial charge >= 0.3 is 0 Å². The lowest BCUT2D eigenvalue weighted by atomic mass is 9.94. The molecule has 5 heteroatoms. The minimum absolute atomic E-state index is 0.239. The first-order chi connectivity index (χ1) is 14.7. The van der Waals surface area contributed by atoms with Gasteiger partial charge in [0.1, 0.15) is 17.3 Å². The van der Waals surface area contributed by atoms with Crippen LogP contribution in [0, 0.1) is 5.82 Å². The Balaban J connectivity index is 1.24. The van der Waals surface area contributed by atoms with Crippen molar-refractivity contribution in [2.45, 2.75) is 51.0 Å². The van der Waals surface area contributed by atoms with Crippen LogP contribution < -0.4 is 4.74 Å². The van der Waals surface area contributed by atoms with E-state index in [1.165, 1.54) is 44.2 Å². The summed E-state index contributed by atoms with van der Waals surface area (Å²) < 4.78 is 18.8. The first kappa shape index (κ1) is 20.9. The fraction of sp³-hybridized carbons (Fsp3) is 0.480. The highest BCUT2D eigenvalue weighted by Crippen LogP contribution is 2.25.